The molecule has 0 aromatic heterocycles. The molecular weight excluding hydrogens is 431 g/mol. The number of nitrogens with one attached hydrogen (secondary N) is 1. The summed E-state index contributed by atoms with van der Waals surface area (Å²) in [6, 6.07) is 11.7. The molecule has 0 heterocycles. The Hall–Kier alpha value is -1.60. The number of hydrogen-bond acceptors (Lipinski definition) is 3. The highest BCUT2D eigenvalue weighted by Gasteiger charge is 2.28. The van der Waals surface area contributed by atoms with Gasteiger partial charge < -0.3 is 5.32 Å². The van der Waals surface area contributed by atoms with Gasteiger partial charge >= 0.3 is 0 Å². The summed E-state index contributed by atoms with van der Waals surface area (Å²) in [7, 11) is -3.87. The molecule has 1 fully saturated rings. The lowest BCUT2D eigenvalue weighted by Gasteiger charge is -2.23. The average Bonchev–Trinajstić information content (AvgIpc) is 3.17. The minimum atomic E-state index is -3.87. The molecule has 2 aromatic carbocycles. The summed E-state index contributed by atoms with van der Waals surface area (Å²) in [5, 5.41) is 3.69. The molecule has 0 radical (unpaired) electrons. The first-order valence-corrected chi connectivity index (χ1v) is 11.8. The van der Waals surface area contributed by atoms with Crippen molar-refractivity contribution in [3.05, 3.63) is 63.6 Å². The van der Waals surface area contributed by atoms with E-state index >= 15 is 0 Å². The fourth-order valence-electron chi connectivity index (χ4n) is 3.43. The SMILES string of the molecule is Cc1ccc(S(=O)(=O)N(CC(=O)NC2CCCC2)Cc2ccc(Cl)c(Cl)c2)cc1. The van der Waals surface area contributed by atoms with Crippen molar-refractivity contribution in [2.45, 2.75) is 50.1 Å². The molecule has 0 bridgehead atoms. The number of carbonyl (C=O) groups excluding carboxylic acids is 1. The summed E-state index contributed by atoms with van der Waals surface area (Å²) in [6.45, 7) is 1.65. The monoisotopic (exact) mass is 454 g/mol. The third-order valence-electron chi connectivity index (χ3n) is 5.04. The van der Waals surface area contributed by atoms with Crippen LogP contribution in [0.25, 0.3) is 0 Å². The largest absolute Gasteiger partial charge is 0.352 e. The highest BCUT2D eigenvalue weighted by atomic mass is 35.5. The van der Waals surface area contributed by atoms with Gasteiger partial charge in [-0.1, -0.05) is 59.8 Å². The Morgan fingerprint density at radius 3 is 2.34 bits per heavy atom. The highest BCUT2D eigenvalue weighted by Crippen LogP contribution is 2.25. The van der Waals surface area contributed by atoms with Gasteiger partial charge in [0.15, 0.2) is 0 Å². The summed E-state index contributed by atoms with van der Waals surface area (Å²) >= 11 is 12.1. The molecule has 1 N–H and O–H groups in total. The minimum absolute atomic E-state index is 0.0190. The van der Waals surface area contributed by atoms with Crippen LogP contribution >= 0.6 is 23.2 Å². The van der Waals surface area contributed by atoms with E-state index in [0.717, 1.165) is 31.2 Å². The highest BCUT2D eigenvalue weighted by molar-refractivity contribution is 7.89. The van der Waals surface area contributed by atoms with Gasteiger partial charge in [-0.3, -0.25) is 4.79 Å². The van der Waals surface area contributed by atoms with Crippen molar-refractivity contribution in [3.8, 4) is 0 Å². The third kappa shape index (κ3) is 5.72. The standard InChI is InChI=1S/C21H24Cl2N2O3S/c1-15-6-9-18(10-7-15)29(27,28)25(13-16-8-11-19(22)20(23)12-16)14-21(26)24-17-4-2-3-5-17/h6-12,17H,2-5,13-14H2,1H3,(H,24,26). The van der Waals surface area contributed by atoms with Crippen LogP contribution in [0.3, 0.4) is 0 Å². The molecule has 1 saturated carbocycles. The number of nitrogens with zero attached hydrogens (tertiary/aromatic N) is 1. The van der Waals surface area contributed by atoms with Crippen molar-refractivity contribution >= 4 is 39.1 Å². The van der Waals surface area contributed by atoms with Crippen molar-refractivity contribution in [1.82, 2.24) is 9.62 Å². The molecule has 1 aliphatic rings. The lowest BCUT2D eigenvalue weighted by molar-refractivity contribution is -0.122. The van der Waals surface area contributed by atoms with E-state index in [2.05, 4.69) is 5.32 Å². The van der Waals surface area contributed by atoms with Crippen LogP contribution in [0.4, 0.5) is 0 Å². The van der Waals surface area contributed by atoms with Crippen molar-refractivity contribution in [2.75, 3.05) is 6.54 Å². The van der Waals surface area contributed by atoms with E-state index in [1.807, 2.05) is 6.92 Å². The Morgan fingerprint density at radius 2 is 1.72 bits per heavy atom. The summed E-state index contributed by atoms with van der Waals surface area (Å²) < 4.78 is 27.7. The summed E-state index contributed by atoms with van der Waals surface area (Å²) in [4.78, 5) is 12.7. The van der Waals surface area contributed by atoms with Crippen molar-refractivity contribution in [1.29, 1.82) is 0 Å². The van der Waals surface area contributed by atoms with Gasteiger partial charge in [0.1, 0.15) is 0 Å². The summed E-state index contributed by atoms with van der Waals surface area (Å²) in [5.41, 5.74) is 1.61. The minimum Gasteiger partial charge on any atom is -0.352 e. The number of aryl methyl sites for hydroxylation is 1. The average molecular weight is 455 g/mol. The maximum absolute atomic E-state index is 13.3. The van der Waals surface area contributed by atoms with E-state index in [1.54, 1.807) is 42.5 Å². The van der Waals surface area contributed by atoms with E-state index in [-0.39, 0.29) is 29.9 Å². The van der Waals surface area contributed by atoms with Crippen LogP contribution in [0.1, 0.15) is 36.8 Å². The molecule has 2 aromatic rings. The zero-order valence-corrected chi connectivity index (χ0v) is 18.5. The normalized spacial score (nSPS) is 15.0. The molecule has 0 saturated heterocycles. The lowest BCUT2D eigenvalue weighted by atomic mass is 10.2. The van der Waals surface area contributed by atoms with Gasteiger partial charge in [-0.25, -0.2) is 8.42 Å². The number of halogens is 2. The molecule has 8 heteroatoms. The van der Waals surface area contributed by atoms with Crippen molar-refractivity contribution < 1.29 is 13.2 Å². The number of carbonyl (C=O) groups is 1. The Morgan fingerprint density at radius 1 is 1.07 bits per heavy atom. The van der Waals surface area contributed by atoms with E-state index in [9.17, 15) is 13.2 Å². The first-order valence-electron chi connectivity index (χ1n) is 9.56. The Kier molecular flexibility index (Phi) is 7.22. The van der Waals surface area contributed by atoms with E-state index in [1.165, 1.54) is 4.31 Å². The van der Waals surface area contributed by atoms with Gasteiger partial charge in [0.05, 0.1) is 21.5 Å². The maximum Gasteiger partial charge on any atom is 0.243 e. The van der Waals surface area contributed by atoms with Crippen LogP contribution in [-0.2, 0) is 21.4 Å². The van der Waals surface area contributed by atoms with Gasteiger partial charge in [0, 0.05) is 12.6 Å². The van der Waals surface area contributed by atoms with E-state index < -0.39 is 10.0 Å². The Balaban J connectivity index is 1.85. The molecule has 156 valence electrons. The zero-order valence-electron chi connectivity index (χ0n) is 16.2. The molecule has 1 aliphatic carbocycles. The molecule has 0 aliphatic heterocycles. The molecule has 5 nitrogen and oxygen atoms in total. The van der Waals surface area contributed by atoms with Gasteiger partial charge in [0.2, 0.25) is 15.9 Å². The number of amides is 1. The van der Waals surface area contributed by atoms with Gasteiger partial charge in [-0.2, -0.15) is 4.31 Å². The molecule has 29 heavy (non-hydrogen) atoms. The lowest BCUT2D eigenvalue weighted by Crippen LogP contribution is -2.43. The molecule has 0 spiro atoms. The van der Waals surface area contributed by atoms with Gasteiger partial charge in [0.25, 0.3) is 0 Å². The number of sulfonamides is 1. The van der Waals surface area contributed by atoms with Crippen LogP contribution in [0.2, 0.25) is 10.0 Å². The first kappa shape index (κ1) is 22.1. The fraction of sp³-hybridized carbons (Fsp3) is 0.381. The predicted octanol–water partition coefficient (Wildman–Crippen LogP) is 4.55. The second-order valence-electron chi connectivity index (χ2n) is 7.38. The van der Waals surface area contributed by atoms with Crippen molar-refractivity contribution in [2.24, 2.45) is 0 Å². The van der Waals surface area contributed by atoms with Gasteiger partial charge in [-0.05, 0) is 49.6 Å². The predicted molar refractivity (Wildman–Crippen MR) is 116 cm³/mol. The first-order chi connectivity index (χ1) is 13.8. The number of rotatable bonds is 7. The second kappa shape index (κ2) is 9.47. The number of hydrogen-bond donors (Lipinski definition) is 1. The Labute approximate surface area is 182 Å². The summed E-state index contributed by atoms with van der Waals surface area (Å²) in [6.07, 6.45) is 4.03. The maximum atomic E-state index is 13.3. The number of benzene rings is 2. The quantitative estimate of drug-likeness (QED) is 0.666. The van der Waals surface area contributed by atoms with Crippen LogP contribution in [0.5, 0.6) is 0 Å². The van der Waals surface area contributed by atoms with Crippen LogP contribution in [0.15, 0.2) is 47.4 Å². The van der Waals surface area contributed by atoms with E-state index in [0.29, 0.717) is 15.6 Å². The molecular formula is C21H24Cl2N2O3S. The molecule has 3 rings (SSSR count). The molecule has 0 unspecified atom stereocenters. The molecule has 1 amide bonds. The summed E-state index contributed by atoms with van der Waals surface area (Å²) in [5.74, 6) is -0.298. The van der Waals surface area contributed by atoms with Gasteiger partial charge in [-0.15, -0.1) is 0 Å². The smallest absolute Gasteiger partial charge is 0.243 e. The van der Waals surface area contributed by atoms with Crippen LogP contribution in [-0.4, -0.2) is 31.2 Å². The fourth-order valence-corrected chi connectivity index (χ4v) is 5.14. The van der Waals surface area contributed by atoms with Crippen LogP contribution in [0, 0.1) is 6.92 Å². The Bertz CT molecular complexity index is 972. The third-order valence-corrected chi connectivity index (χ3v) is 7.59. The zero-order chi connectivity index (χ0) is 21.0. The van der Waals surface area contributed by atoms with E-state index in [4.69, 9.17) is 23.2 Å². The van der Waals surface area contributed by atoms with Crippen LogP contribution < -0.4 is 5.32 Å². The molecule has 0 atom stereocenters. The topological polar surface area (TPSA) is 66.5 Å². The second-order valence-corrected chi connectivity index (χ2v) is 10.1. The van der Waals surface area contributed by atoms with Crippen molar-refractivity contribution in [3.63, 3.8) is 0 Å².